The fourth-order valence-electron chi connectivity index (χ4n) is 3.61. The highest BCUT2D eigenvalue weighted by Crippen LogP contribution is 2.27. The van der Waals surface area contributed by atoms with Crippen molar-refractivity contribution in [2.75, 3.05) is 36.2 Å². The Morgan fingerprint density at radius 1 is 1.09 bits per heavy atom. The van der Waals surface area contributed by atoms with Gasteiger partial charge >= 0.3 is 0 Å². The maximum atomic E-state index is 12.4. The number of nitrogens with one attached hydrogen (secondary N) is 1. The van der Waals surface area contributed by atoms with Crippen LogP contribution in [-0.4, -0.2) is 32.6 Å². The van der Waals surface area contributed by atoms with Crippen molar-refractivity contribution in [1.82, 2.24) is 0 Å². The molecule has 0 saturated carbocycles. The molecule has 35 heavy (non-hydrogen) atoms. The molecule has 1 heterocycles. The monoisotopic (exact) mass is 473 g/mol. The Labute approximate surface area is 203 Å². The summed E-state index contributed by atoms with van der Waals surface area (Å²) in [6.07, 6.45) is 1.35. The number of para-hydroxylation sites is 2. The van der Waals surface area contributed by atoms with Crippen molar-refractivity contribution in [3.63, 3.8) is 0 Å². The van der Waals surface area contributed by atoms with Crippen LogP contribution in [0.25, 0.3) is 11.0 Å². The topological polar surface area (TPSA) is 107 Å². The first-order valence-corrected chi connectivity index (χ1v) is 11.2. The number of rotatable bonds is 11. The van der Waals surface area contributed by atoms with Gasteiger partial charge in [-0.1, -0.05) is 24.3 Å². The van der Waals surface area contributed by atoms with Gasteiger partial charge in [-0.05, 0) is 54.4 Å². The number of ether oxygens (including phenoxy) is 2. The van der Waals surface area contributed by atoms with Gasteiger partial charge in [0.1, 0.15) is 11.3 Å². The molecule has 0 radical (unpaired) electrons. The number of anilines is 3. The van der Waals surface area contributed by atoms with E-state index in [9.17, 15) is 9.59 Å². The molecule has 0 atom stereocenters. The molecular weight excluding hydrogens is 446 g/mol. The van der Waals surface area contributed by atoms with E-state index < -0.39 is 0 Å². The van der Waals surface area contributed by atoms with Gasteiger partial charge in [-0.15, -0.1) is 0 Å². The van der Waals surface area contributed by atoms with Gasteiger partial charge in [0.2, 0.25) is 12.3 Å². The Balaban J connectivity index is 1.28. The van der Waals surface area contributed by atoms with E-state index in [4.69, 9.17) is 19.6 Å². The quantitative estimate of drug-likeness (QED) is 0.183. The van der Waals surface area contributed by atoms with Crippen molar-refractivity contribution >= 4 is 40.5 Å². The zero-order valence-electron chi connectivity index (χ0n) is 19.4. The molecule has 0 spiro atoms. The molecule has 0 fully saturated rings. The molecule has 0 saturated heterocycles. The lowest BCUT2D eigenvalue weighted by Gasteiger charge is -2.14. The fraction of sp³-hybridized carbons (Fsp3) is 0.185. The van der Waals surface area contributed by atoms with Gasteiger partial charge in [0.05, 0.1) is 24.6 Å². The number of nitrogens with zero attached hydrogens (tertiary/aromatic N) is 1. The largest absolute Gasteiger partial charge is 0.494 e. The minimum atomic E-state index is -0.253. The maximum absolute atomic E-state index is 12.4. The standard InChI is InChI=1S/C27H27N3O5/c1-33-17-19-7-8-21-16-26(35-25(21)15-19)30(18-31)13-4-14-34-22-11-9-20(10-12-22)27(32)29-24-6-3-2-5-23(24)28/h2-3,5-12,15-16,18H,4,13-14,17,28H2,1H3,(H,29,32). The third-order valence-electron chi connectivity index (χ3n) is 5.43. The van der Waals surface area contributed by atoms with Crippen LogP contribution < -0.4 is 20.7 Å². The van der Waals surface area contributed by atoms with E-state index in [0.29, 0.717) is 60.3 Å². The first-order chi connectivity index (χ1) is 17.1. The van der Waals surface area contributed by atoms with Gasteiger partial charge in [0.25, 0.3) is 5.91 Å². The van der Waals surface area contributed by atoms with E-state index in [1.165, 1.54) is 4.90 Å². The number of benzene rings is 3. The Hall–Kier alpha value is -4.30. The molecule has 4 rings (SSSR count). The Morgan fingerprint density at radius 3 is 2.63 bits per heavy atom. The van der Waals surface area contributed by atoms with Crippen LogP contribution in [0.2, 0.25) is 0 Å². The minimum Gasteiger partial charge on any atom is -0.494 e. The van der Waals surface area contributed by atoms with Gasteiger partial charge in [-0.25, -0.2) is 0 Å². The van der Waals surface area contributed by atoms with Gasteiger partial charge < -0.3 is 24.9 Å². The summed E-state index contributed by atoms with van der Waals surface area (Å²) in [5.74, 6) is 0.864. The van der Waals surface area contributed by atoms with E-state index in [2.05, 4.69) is 5.32 Å². The summed E-state index contributed by atoms with van der Waals surface area (Å²) in [6.45, 7) is 1.33. The molecule has 0 aliphatic carbocycles. The smallest absolute Gasteiger partial charge is 0.255 e. The first kappa shape index (κ1) is 23.8. The molecule has 1 aromatic heterocycles. The number of methoxy groups -OCH3 is 1. The average Bonchev–Trinajstić information content (AvgIpc) is 3.29. The second-order valence-electron chi connectivity index (χ2n) is 7.96. The molecule has 0 bridgehead atoms. The van der Waals surface area contributed by atoms with Gasteiger partial charge in [0.15, 0.2) is 0 Å². The number of amides is 2. The summed E-state index contributed by atoms with van der Waals surface area (Å²) in [4.78, 5) is 25.6. The van der Waals surface area contributed by atoms with Gasteiger partial charge in [0, 0.05) is 30.7 Å². The lowest BCUT2D eigenvalue weighted by molar-refractivity contribution is -0.107. The normalized spacial score (nSPS) is 10.8. The number of carbonyl (C=O) groups excluding carboxylic acids is 2. The second kappa shape index (κ2) is 11.2. The Morgan fingerprint density at radius 2 is 1.89 bits per heavy atom. The summed E-state index contributed by atoms with van der Waals surface area (Å²) < 4.78 is 16.8. The maximum Gasteiger partial charge on any atom is 0.255 e. The van der Waals surface area contributed by atoms with Crippen molar-refractivity contribution in [3.05, 3.63) is 83.9 Å². The molecule has 3 aromatic carbocycles. The number of hydrogen-bond donors (Lipinski definition) is 2. The molecule has 0 unspecified atom stereocenters. The fourth-order valence-corrected chi connectivity index (χ4v) is 3.61. The van der Waals surface area contributed by atoms with E-state index in [0.717, 1.165) is 17.4 Å². The summed E-state index contributed by atoms with van der Waals surface area (Å²) in [5.41, 5.74) is 9.14. The molecule has 8 nitrogen and oxygen atoms in total. The molecule has 0 aliphatic heterocycles. The first-order valence-electron chi connectivity index (χ1n) is 11.2. The van der Waals surface area contributed by atoms with Crippen LogP contribution in [0.4, 0.5) is 17.3 Å². The van der Waals surface area contributed by atoms with Crippen LogP contribution in [-0.2, 0) is 16.1 Å². The number of nitrogens with two attached hydrogens (primary N) is 1. The average molecular weight is 474 g/mol. The molecule has 4 aromatic rings. The number of carbonyl (C=O) groups is 2. The summed E-state index contributed by atoms with van der Waals surface area (Å²) in [7, 11) is 1.64. The predicted octanol–water partition coefficient (Wildman–Crippen LogP) is 4.85. The lowest BCUT2D eigenvalue weighted by Crippen LogP contribution is -2.23. The van der Waals surface area contributed by atoms with Crippen molar-refractivity contribution in [2.24, 2.45) is 0 Å². The molecular formula is C27H27N3O5. The number of hydrogen-bond acceptors (Lipinski definition) is 6. The zero-order chi connectivity index (χ0) is 24.6. The van der Waals surface area contributed by atoms with E-state index in [1.54, 1.807) is 49.6 Å². The lowest BCUT2D eigenvalue weighted by atomic mass is 10.2. The summed E-state index contributed by atoms with van der Waals surface area (Å²) in [5, 5.41) is 3.71. The number of fused-ring (bicyclic) bond motifs is 1. The number of nitrogen functional groups attached to an aromatic ring is 1. The number of furan rings is 1. The van der Waals surface area contributed by atoms with E-state index in [-0.39, 0.29) is 5.91 Å². The highest BCUT2D eigenvalue weighted by molar-refractivity contribution is 6.05. The van der Waals surface area contributed by atoms with Crippen LogP contribution in [0.15, 0.2) is 77.2 Å². The van der Waals surface area contributed by atoms with Gasteiger partial charge in [-0.3, -0.25) is 14.5 Å². The SMILES string of the molecule is COCc1ccc2cc(N(C=O)CCCOc3ccc(C(=O)Nc4ccccc4N)cc3)oc2c1. The minimum absolute atomic E-state index is 0.253. The third kappa shape index (κ3) is 5.99. The second-order valence-corrected chi connectivity index (χ2v) is 7.96. The highest BCUT2D eigenvalue weighted by Gasteiger charge is 2.12. The predicted molar refractivity (Wildman–Crippen MR) is 136 cm³/mol. The van der Waals surface area contributed by atoms with E-state index >= 15 is 0 Å². The van der Waals surface area contributed by atoms with Gasteiger partial charge in [-0.2, -0.15) is 0 Å². The third-order valence-corrected chi connectivity index (χ3v) is 5.43. The summed E-state index contributed by atoms with van der Waals surface area (Å²) in [6, 6.07) is 21.6. The Bertz CT molecular complexity index is 1300. The van der Waals surface area contributed by atoms with Crippen LogP contribution in [0.5, 0.6) is 5.75 Å². The molecule has 180 valence electrons. The highest BCUT2D eigenvalue weighted by atomic mass is 16.5. The van der Waals surface area contributed by atoms with Crippen molar-refractivity contribution in [3.8, 4) is 5.75 Å². The van der Waals surface area contributed by atoms with Crippen LogP contribution in [0.3, 0.4) is 0 Å². The van der Waals surface area contributed by atoms with Crippen molar-refractivity contribution < 1.29 is 23.5 Å². The molecule has 8 heteroatoms. The zero-order valence-corrected chi connectivity index (χ0v) is 19.4. The van der Waals surface area contributed by atoms with Crippen LogP contribution in [0, 0.1) is 0 Å². The van der Waals surface area contributed by atoms with Crippen LogP contribution in [0.1, 0.15) is 22.3 Å². The Kier molecular flexibility index (Phi) is 7.64. The van der Waals surface area contributed by atoms with Crippen molar-refractivity contribution in [2.45, 2.75) is 13.0 Å². The molecule has 0 aliphatic rings. The molecule has 3 N–H and O–H groups in total. The van der Waals surface area contributed by atoms with Crippen molar-refractivity contribution in [1.29, 1.82) is 0 Å². The molecule has 2 amide bonds. The van der Waals surface area contributed by atoms with E-state index in [1.807, 2.05) is 30.3 Å². The van der Waals surface area contributed by atoms with Crippen LogP contribution >= 0.6 is 0 Å². The summed E-state index contributed by atoms with van der Waals surface area (Å²) >= 11 is 0.